The number of fused-ring (bicyclic) bond motifs is 1. The Balaban J connectivity index is 1.79. The maximum absolute atomic E-state index is 13.4. The third kappa shape index (κ3) is 4.03. The fourth-order valence-corrected chi connectivity index (χ4v) is 4.01. The van der Waals surface area contributed by atoms with Gasteiger partial charge in [0.25, 0.3) is 0 Å². The highest BCUT2D eigenvalue weighted by atomic mass is 16.5. The van der Waals surface area contributed by atoms with E-state index in [1.807, 2.05) is 12.1 Å². The summed E-state index contributed by atoms with van der Waals surface area (Å²) in [6.07, 6.45) is 6.08. The Bertz CT molecular complexity index is 1150. The van der Waals surface area contributed by atoms with Crippen LogP contribution in [0.3, 0.4) is 0 Å². The molecule has 1 aliphatic rings. The molecule has 2 aromatic carbocycles. The van der Waals surface area contributed by atoms with Crippen LogP contribution in [0.2, 0.25) is 0 Å². The minimum Gasteiger partial charge on any atom is -0.493 e. The van der Waals surface area contributed by atoms with Crippen LogP contribution in [0, 0.1) is 5.41 Å². The van der Waals surface area contributed by atoms with E-state index in [-0.39, 0.29) is 23.4 Å². The zero-order chi connectivity index (χ0) is 22.0. The van der Waals surface area contributed by atoms with Gasteiger partial charge in [-0.1, -0.05) is 12.1 Å². The Hall–Kier alpha value is -3.61. The number of amidine groups is 1. The molecule has 3 aromatic rings. The topological polar surface area (TPSA) is 108 Å². The minimum atomic E-state index is -0.246. The van der Waals surface area contributed by atoms with Gasteiger partial charge in [-0.25, -0.2) is 0 Å². The summed E-state index contributed by atoms with van der Waals surface area (Å²) in [7, 11) is 3.05. The summed E-state index contributed by atoms with van der Waals surface area (Å²) in [5, 5.41) is 9.02. The maximum atomic E-state index is 13.4. The molecule has 0 spiro atoms. The third-order valence-electron chi connectivity index (χ3n) is 5.60. The van der Waals surface area contributed by atoms with Gasteiger partial charge >= 0.3 is 0 Å². The largest absolute Gasteiger partial charge is 0.493 e. The number of hydrogen-bond acceptors (Lipinski definition) is 6. The number of carbonyl (C=O) groups excluding carboxylic acids is 1. The van der Waals surface area contributed by atoms with Crippen LogP contribution in [-0.2, 0) is 0 Å². The molecule has 1 heterocycles. The molecule has 0 aliphatic heterocycles. The van der Waals surface area contributed by atoms with Crippen molar-refractivity contribution >= 4 is 22.4 Å². The monoisotopic (exact) mass is 419 g/mol. The van der Waals surface area contributed by atoms with Gasteiger partial charge in [0.1, 0.15) is 17.3 Å². The molecular weight excluding hydrogens is 394 g/mol. The van der Waals surface area contributed by atoms with E-state index in [1.54, 1.807) is 24.3 Å². The molecule has 4 rings (SSSR count). The van der Waals surface area contributed by atoms with Gasteiger partial charge in [0.05, 0.1) is 20.3 Å². The highest BCUT2D eigenvalue weighted by Crippen LogP contribution is 2.35. The van der Waals surface area contributed by atoms with Gasteiger partial charge in [-0.3, -0.25) is 15.2 Å². The number of pyridine rings is 1. The second-order valence-corrected chi connectivity index (χ2v) is 7.57. The van der Waals surface area contributed by atoms with Crippen LogP contribution in [0.25, 0.3) is 10.8 Å². The summed E-state index contributed by atoms with van der Waals surface area (Å²) in [6, 6.07) is 10.6. The molecule has 0 atom stereocenters. The van der Waals surface area contributed by atoms with Crippen molar-refractivity contribution in [2.24, 2.45) is 5.73 Å². The predicted octanol–water partition coefficient (Wildman–Crippen LogP) is 4.09. The van der Waals surface area contributed by atoms with Gasteiger partial charge in [-0.05, 0) is 49.9 Å². The Morgan fingerprint density at radius 1 is 1.06 bits per heavy atom. The number of hydrogen-bond donors (Lipinski definition) is 2. The first-order valence-corrected chi connectivity index (χ1v) is 10.2. The Labute approximate surface area is 180 Å². The number of aromatic nitrogens is 1. The standard InChI is InChI=1S/C24H25N3O4/c1-29-20-11-17-18(12-21(20)30-2)22(27-13-19(17)24(25)26)23(28)14-6-5-9-16(10-14)31-15-7-3-4-8-15/h5-6,9-13,15H,3-4,7-8H2,1-2H3,(H3,25,26). The lowest BCUT2D eigenvalue weighted by atomic mass is 9.98. The van der Waals surface area contributed by atoms with Gasteiger partial charge in [0, 0.05) is 28.1 Å². The maximum Gasteiger partial charge on any atom is 0.212 e. The molecular formula is C24H25N3O4. The number of nitrogens with one attached hydrogen (secondary N) is 1. The van der Waals surface area contributed by atoms with Gasteiger partial charge < -0.3 is 19.9 Å². The average molecular weight is 419 g/mol. The number of rotatable bonds is 7. The Kier molecular flexibility index (Phi) is 5.75. The molecule has 7 heteroatoms. The lowest BCUT2D eigenvalue weighted by Gasteiger charge is -2.15. The van der Waals surface area contributed by atoms with Gasteiger partial charge in [-0.2, -0.15) is 0 Å². The number of nitrogen functional groups attached to an aromatic ring is 1. The number of carbonyl (C=O) groups is 1. The highest BCUT2D eigenvalue weighted by molar-refractivity contribution is 6.18. The first kappa shape index (κ1) is 20.7. The fraction of sp³-hybridized carbons (Fsp3) is 0.292. The smallest absolute Gasteiger partial charge is 0.212 e. The zero-order valence-electron chi connectivity index (χ0n) is 17.6. The molecule has 31 heavy (non-hydrogen) atoms. The van der Waals surface area contributed by atoms with Crippen LogP contribution in [-0.4, -0.2) is 36.9 Å². The summed E-state index contributed by atoms with van der Waals surface area (Å²) in [5.41, 5.74) is 6.90. The van der Waals surface area contributed by atoms with Crippen molar-refractivity contribution in [3.8, 4) is 17.2 Å². The molecule has 0 amide bonds. The zero-order valence-corrected chi connectivity index (χ0v) is 17.6. The van der Waals surface area contributed by atoms with E-state index < -0.39 is 0 Å². The summed E-state index contributed by atoms with van der Waals surface area (Å²) in [6.45, 7) is 0. The van der Waals surface area contributed by atoms with Crippen LogP contribution in [0.1, 0.15) is 47.3 Å². The summed E-state index contributed by atoms with van der Waals surface area (Å²) in [4.78, 5) is 17.8. The van der Waals surface area contributed by atoms with Gasteiger partial charge in [0.2, 0.25) is 5.78 Å². The molecule has 1 saturated carbocycles. The van der Waals surface area contributed by atoms with E-state index in [4.69, 9.17) is 25.4 Å². The number of methoxy groups -OCH3 is 2. The SMILES string of the molecule is COc1cc2c(C(=N)N)cnc(C(=O)c3cccc(OC4CCCC4)c3)c2cc1OC. The number of ether oxygens (including phenoxy) is 3. The first-order chi connectivity index (χ1) is 15.0. The van der Waals surface area contributed by atoms with E-state index in [9.17, 15) is 4.79 Å². The lowest BCUT2D eigenvalue weighted by molar-refractivity contribution is 0.103. The van der Waals surface area contributed by atoms with E-state index in [0.717, 1.165) is 12.8 Å². The molecule has 0 unspecified atom stereocenters. The number of ketones is 1. The molecule has 160 valence electrons. The van der Waals surface area contributed by atoms with Crippen molar-refractivity contribution in [1.29, 1.82) is 5.41 Å². The Morgan fingerprint density at radius 3 is 2.39 bits per heavy atom. The third-order valence-corrected chi connectivity index (χ3v) is 5.60. The fourth-order valence-electron chi connectivity index (χ4n) is 4.01. The van der Waals surface area contributed by atoms with Crippen molar-refractivity contribution in [1.82, 2.24) is 4.98 Å². The second-order valence-electron chi connectivity index (χ2n) is 7.57. The van der Waals surface area contributed by atoms with Crippen molar-refractivity contribution in [2.45, 2.75) is 31.8 Å². The Morgan fingerprint density at radius 2 is 1.74 bits per heavy atom. The minimum absolute atomic E-state index is 0.143. The highest BCUT2D eigenvalue weighted by Gasteiger charge is 2.21. The van der Waals surface area contributed by atoms with Crippen molar-refractivity contribution in [3.63, 3.8) is 0 Å². The van der Waals surface area contributed by atoms with Gasteiger partial charge in [0.15, 0.2) is 11.5 Å². The number of nitrogens with two attached hydrogens (primary N) is 1. The predicted molar refractivity (Wildman–Crippen MR) is 119 cm³/mol. The van der Waals surface area contributed by atoms with E-state index in [0.29, 0.717) is 39.1 Å². The second kappa shape index (κ2) is 8.63. The molecule has 0 bridgehead atoms. The normalized spacial score (nSPS) is 13.9. The lowest BCUT2D eigenvalue weighted by Crippen LogP contribution is -2.15. The van der Waals surface area contributed by atoms with Crippen molar-refractivity contribution < 1.29 is 19.0 Å². The quantitative estimate of drug-likeness (QED) is 0.339. The summed E-state index contributed by atoms with van der Waals surface area (Å²) >= 11 is 0. The van der Waals surface area contributed by atoms with Crippen LogP contribution in [0.5, 0.6) is 17.2 Å². The van der Waals surface area contributed by atoms with Crippen LogP contribution < -0.4 is 19.9 Å². The van der Waals surface area contributed by atoms with Crippen LogP contribution in [0.15, 0.2) is 42.6 Å². The molecule has 1 fully saturated rings. The van der Waals surface area contributed by atoms with E-state index in [2.05, 4.69) is 4.98 Å². The molecule has 7 nitrogen and oxygen atoms in total. The number of benzene rings is 2. The van der Waals surface area contributed by atoms with Crippen LogP contribution >= 0.6 is 0 Å². The molecule has 3 N–H and O–H groups in total. The first-order valence-electron chi connectivity index (χ1n) is 10.2. The summed E-state index contributed by atoms with van der Waals surface area (Å²) in [5.74, 6) is 1.24. The molecule has 0 saturated heterocycles. The summed E-state index contributed by atoms with van der Waals surface area (Å²) < 4.78 is 16.8. The average Bonchev–Trinajstić information content (AvgIpc) is 3.29. The van der Waals surface area contributed by atoms with Gasteiger partial charge in [-0.15, -0.1) is 0 Å². The van der Waals surface area contributed by atoms with E-state index >= 15 is 0 Å². The van der Waals surface area contributed by atoms with Crippen molar-refractivity contribution in [2.75, 3.05) is 14.2 Å². The van der Waals surface area contributed by atoms with Crippen LogP contribution in [0.4, 0.5) is 0 Å². The van der Waals surface area contributed by atoms with Crippen molar-refractivity contribution in [3.05, 3.63) is 59.4 Å². The molecule has 0 radical (unpaired) electrons. The number of nitrogens with zero attached hydrogens (tertiary/aromatic N) is 1. The van der Waals surface area contributed by atoms with E-state index in [1.165, 1.54) is 33.3 Å². The molecule has 1 aliphatic carbocycles. The molecule has 1 aromatic heterocycles.